The van der Waals surface area contributed by atoms with Crippen LogP contribution in [-0.2, 0) is 38.2 Å². The fraction of sp³-hybridized carbons (Fsp3) is 0.742. The van der Waals surface area contributed by atoms with Crippen molar-refractivity contribution in [3.8, 4) is 0 Å². The van der Waals surface area contributed by atoms with Crippen LogP contribution in [0.5, 0.6) is 0 Å². The van der Waals surface area contributed by atoms with Gasteiger partial charge in [0, 0.05) is 20.4 Å². The van der Waals surface area contributed by atoms with E-state index in [4.69, 9.17) is 19.4 Å². The van der Waals surface area contributed by atoms with Crippen LogP contribution in [0.15, 0.2) is 21.6 Å². The summed E-state index contributed by atoms with van der Waals surface area (Å²) < 4.78 is 17.1. The highest BCUT2D eigenvalue weighted by molar-refractivity contribution is 6.26. The van der Waals surface area contributed by atoms with Crippen LogP contribution in [0.3, 0.4) is 0 Å². The van der Waals surface area contributed by atoms with E-state index in [1.165, 1.54) is 27.8 Å². The van der Waals surface area contributed by atoms with E-state index in [2.05, 4.69) is 15.6 Å². The lowest BCUT2D eigenvalue weighted by Gasteiger charge is -2.39. The number of ether oxygens (including phenoxy) is 3. The van der Waals surface area contributed by atoms with Gasteiger partial charge in [-0.1, -0.05) is 18.7 Å². The zero-order valence-electron chi connectivity index (χ0n) is 29.9. The molecule has 0 aromatic heterocycles. The Morgan fingerprint density at radius 1 is 1.18 bits per heavy atom. The zero-order chi connectivity index (χ0) is 37.7. The van der Waals surface area contributed by atoms with E-state index < -0.39 is 108 Å². The van der Waals surface area contributed by atoms with Gasteiger partial charge < -0.3 is 45.1 Å². The number of amides is 2. The molecule has 1 saturated heterocycles. The molecule has 0 radical (unpaired) electrons. The minimum absolute atomic E-state index is 0.205. The number of nitrogens with zero attached hydrogens (tertiary/aromatic N) is 5. The molecule has 0 spiro atoms. The third-order valence-corrected chi connectivity index (χ3v) is 8.74. The number of carbonyl (C=O) groups is 5. The van der Waals surface area contributed by atoms with Crippen molar-refractivity contribution in [2.45, 2.75) is 110 Å². The SMILES string of the molecule is CC(=O)O[C@@H]([C@H](C[C@@H](O)C[N+]([O-])=NO)NC(=O)[C@H]1N=C([C@H](C)N(C)C)O[C@@H]1C)C(C)(C)C(=O)O[C@H](C(O)=C1C(=O)[C@H](C)N(C)C1=O)C(C)C. The van der Waals surface area contributed by atoms with E-state index in [0.717, 1.165) is 11.8 Å². The van der Waals surface area contributed by atoms with Gasteiger partial charge in [0.15, 0.2) is 23.2 Å². The van der Waals surface area contributed by atoms with Crippen molar-refractivity contribution in [2.24, 2.45) is 21.6 Å². The number of likely N-dealkylation sites (N-methyl/N-ethyl adjacent to an activating group) is 2. The van der Waals surface area contributed by atoms with Crippen LogP contribution in [0.2, 0.25) is 0 Å². The fourth-order valence-electron chi connectivity index (χ4n) is 5.36. The Balaban J connectivity index is 2.56. The lowest BCUT2D eigenvalue weighted by molar-refractivity contribution is -0.563. The minimum atomic E-state index is -1.85. The van der Waals surface area contributed by atoms with Gasteiger partial charge in [0.05, 0.1) is 18.1 Å². The zero-order valence-corrected chi connectivity index (χ0v) is 29.9. The standard InChI is InChI=1S/C31H50N6O12/c1-14(2)25(24(41)21-23(40)15(3)36(11)29(21)43)49-30(44)31(7,8)26(48-18(6)38)20(12-19(39)13-37(46)34-45)32-27(42)22-17(5)47-28(33-22)16(4)35(9)10/h14-17,19-20,22,25-26,39,41,45H,12-13H2,1-11H3,(H,32,42)/t15-,16-,17+,19+,20-,22-,25-,26-/m0/s1. The monoisotopic (exact) mass is 698 g/mol. The number of hydroxylamine groups is 1. The summed E-state index contributed by atoms with van der Waals surface area (Å²) in [5.74, 6) is -5.14. The number of nitrogens with one attached hydrogen (secondary N) is 1. The summed E-state index contributed by atoms with van der Waals surface area (Å²) in [7, 11) is 5.00. The molecule has 8 atom stereocenters. The van der Waals surface area contributed by atoms with E-state index in [1.54, 1.807) is 34.9 Å². The van der Waals surface area contributed by atoms with Crippen LogP contribution in [0.1, 0.15) is 61.8 Å². The molecule has 49 heavy (non-hydrogen) atoms. The van der Waals surface area contributed by atoms with Crippen molar-refractivity contribution in [1.29, 1.82) is 0 Å². The maximum Gasteiger partial charge on any atom is 0.316 e. The summed E-state index contributed by atoms with van der Waals surface area (Å²) in [5, 5.41) is 47.5. The van der Waals surface area contributed by atoms with Crippen LogP contribution in [0.4, 0.5) is 0 Å². The van der Waals surface area contributed by atoms with Gasteiger partial charge in [-0.05, 0) is 54.6 Å². The normalized spacial score (nSPS) is 24.2. The van der Waals surface area contributed by atoms with Crippen LogP contribution in [0.25, 0.3) is 0 Å². The average Bonchev–Trinajstić information content (AvgIpc) is 3.49. The highest BCUT2D eigenvalue weighted by Crippen LogP contribution is 2.33. The Morgan fingerprint density at radius 2 is 1.78 bits per heavy atom. The maximum absolute atomic E-state index is 13.9. The highest BCUT2D eigenvalue weighted by Gasteiger charge is 2.50. The van der Waals surface area contributed by atoms with E-state index in [9.17, 15) is 39.4 Å². The Bertz CT molecular complexity index is 1350. The minimum Gasteiger partial charge on any atom is -0.597 e. The lowest BCUT2D eigenvalue weighted by atomic mass is 9.80. The summed E-state index contributed by atoms with van der Waals surface area (Å²) in [6.45, 7) is 11.1. The third kappa shape index (κ3) is 9.44. The predicted octanol–water partition coefficient (Wildman–Crippen LogP) is 0.477. The highest BCUT2D eigenvalue weighted by atomic mass is 16.6. The molecule has 18 heteroatoms. The molecule has 0 unspecified atom stereocenters. The van der Waals surface area contributed by atoms with Crippen LogP contribution in [-0.4, -0.2) is 142 Å². The molecule has 2 aliphatic heterocycles. The molecular weight excluding hydrogens is 648 g/mol. The molecule has 0 saturated carbocycles. The number of aliphatic imine (C=N–C) groups is 1. The number of aliphatic hydroxyl groups excluding tert-OH is 2. The van der Waals surface area contributed by atoms with Gasteiger partial charge in [0.25, 0.3) is 5.91 Å². The van der Waals surface area contributed by atoms with Crippen LogP contribution >= 0.6 is 0 Å². The number of aliphatic hydroxyl groups is 2. The van der Waals surface area contributed by atoms with Gasteiger partial charge in [-0.15, -0.1) is 0 Å². The lowest BCUT2D eigenvalue weighted by Crippen LogP contribution is -2.58. The smallest absolute Gasteiger partial charge is 0.316 e. The number of Topliss-reactive ketones (excluding diaryl/α,β-unsaturated/α-hetero) is 1. The van der Waals surface area contributed by atoms with E-state index in [0.29, 0.717) is 5.90 Å². The van der Waals surface area contributed by atoms with E-state index in [-0.39, 0.29) is 10.9 Å². The summed E-state index contributed by atoms with van der Waals surface area (Å²) in [4.78, 5) is 72.8. The Labute approximate surface area is 285 Å². The molecule has 2 amide bonds. The number of likely N-dealkylation sites (tertiary alicyclic amines) is 1. The van der Waals surface area contributed by atoms with Gasteiger partial charge in [-0.25, -0.2) is 4.99 Å². The molecular formula is C31H50N6O12. The van der Waals surface area contributed by atoms with Gasteiger partial charge in [-0.2, -0.15) is 0 Å². The Morgan fingerprint density at radius 3 is 2.24 bits per heavy atom. The first-order valence-electron chi connectivity index (χ1n) is 15.9. The number of esters is 2. The second-order valence-electron chi connectivity index (χ2n) is 13.5. The molecule has 18 nitrogen and oxygen atoms in total. The fourth-order valence-corrected chi connectivity index (χ4v) is 5.36. The van der Waals surface area contributed by atoms with Crippen molar-refractivity contribution in [1.82, 2.24) is 15.1 Å². The first-order valence-corrected chi connectivity index (χ1v) is 15.9. The summed E-state index contributed by atoms with van der Waals surface area (Å²) in [6.07, 6.45) is -5.84. The molecule has 0 aromatic carbocycles. The number of rotatable bonds is 15. The van der Waals surface area contributed by atoms with Crippen LogP contribution in [0, 0.1) is 16.5 Å². The molecule has 2 heterocycles. The Hall–Kier alpha value is -4.32. The number of hydrogen-bond donors (Lipinski definition) is 4. The number of hydrogen-bond acceptors (Lipinski definition) is 14. The van der Waals surface area contributed by atoms with Crippen molar-refractivity contribution in [2.75, 3.05) is 27.7 Å². The van der Waals surface area contributed by atoms with Crippen molar-refractivity contribution in [3.63, 3.8) is 0 Å². The van der Waals surface area contributed by atoms with Gasteiger partial charge in [-0.3, -0.25) is 28.9 Å². The molecule has 0 aliphatic carbocycles. The van der Waals surface area contributed by atoms with E-state index in [1.807, 2.05) is 11.8 Å². The van der Waals surface area contributed by atoms with Crippen molar-refractivity contribution < 1.29 is 58.5 Å². The molecule has 2 rings (SSSR count). The summed E-state index contributed by atoms with van der Waals surface area (Å²) in [5.41, 5.74) is -2.36. The molecule has 0 aromatic rings. The largest absolute Gasteiger partial charge is 0.597 e. The molecule has 2 aliphatic rings. The quantitative estimate of drug-likeness (QED) is 0.0346. The summed E-state index contributed by atoms with van der Waals surface area (Å²) in [6, 6.07) is -3.58. The van der Waals surface area contributed by atoms with Crippen molar-refractivity contribution in [3.05, 3.63) is 16.5 Å². The summed E-state index contributed by atoms with van der Waals surface area (Å²) >= 11 is 0. The Kier molecular flexibility index (Phi) is 13.7. The maximum atomic E-state index is 13.9. The number of carbonyl (C=O) groups excluding carboxylic acids is 5. The molecule has 0 bridgehead atoms. The van der Waals surface area contributed by atoms with Crippen molar-refractivity contribution >= 4 is 35.4 Å². The first kappa shape index (κ1) is 40.9. The second kappa shape index (κ2) is 16.4. The molecule has 276 valence electrons. The van der Waals surface area contributed by atoms with Gasteiger partial charge in [0.2, 0.25) is 18.3 Å². The molecule has 4 N–H and O–H groups in total. The number of ketones is 1. The second-order valence-corrected chi connectivity index (χ2v) is 13.5. The van der Waals surface area contributed by atoms with Gasteiger partial charge >= 0.3 is 11.9 Å². The topological polar surface area (TPSA) is 243 Å². The van der Waals surface area contributed by atoms with Gasteiger partial charge in [0.1, 0.15) is 35.1 Å². The van der Waals surface area contributed by atoms with Crippen LogP contribution < -0.4 is 5.32 Å². The van der Waals surface area contributed by atoms with E-state index >= 15 is 0 Å². The average molecular weight is 699 g/mol. The third-order valence-electron chi connectivity index (χ3n) is 8.74. The first-order chi connectivity index (χ1) is 22.6. The predicted molar refractivity (Wildman–Crippen MR) is 171 cm³/mol. The molecule has 1 fully saturated rings.